The summed E-state index contributed by atoms with van der Waals surface area (Å²) in [7, 11) is 0. The second kappa shape index (κ2) is 19.5. The number of unbranched alkanes of at least 4 members (excludes halogenated alkanes) is 3. The van der Waals surface area contributed by atoms with E-state index in [9.17, 15) is 19.2 Å². The van der Waals surface area contributed by atoms with Crippen LogP contribution >= 0.6 is 0 Å². The third kappa shape index (κ3) is 12.4. The van der Waals surface area contributed by atoms with Gasteiger partial charge in [0, 0.05) is 36.1 Å². The van der Waals surface area contributed by atoms with E-state index in [1.54, 1.807) is 0 Å². The quantitative estimate of drug-likeness (QED) is 0.0898. The predicted octanol–water partition coefficient (Wildman–Crippen LogP) is 7.45. The monoisotopic (exact) mass is 656 g/mol. The maximum absolute atomic E-state index is 12.6. The summed E-state index contributed by atoms with van der Waals surface area (Å²) < 4.78 is 0. The molecule has 2 fully saturated rings. The van der Waals surface area contributed by atoms with Crippen molar-refractivity contribution in [3.63, 3.8) is 0 Å². The molecule has 0 aromatic heterocycles. The summed E-state index contributed by atoms with van der Waals surface area (Å²) in [6, 6.07) is 15.1. The van der Waals surface area contributed by atoms with E-state index in [1.165, 1.54) is 12.8 Å². The highest BCUT2D eigenvalue weighted by Crippen LogP contribution is 2.26. The normalized spacial score (nSPS) is 16.2. The number of anilines is 2. The SMILES string of the molecule is CC(=NNC(=O)CCCCCCC(=O)NN=C(C)c1cccc(NC(=O)C2CCCCC2)c1)c1cccc(NC(=O)C2CCCCC2)c1. The molecule has 4 N–H and O–H groups in total. The van der Waals surface area contributed by atoms with E-state index in [0.717, 1.165) is 86.7 Å². The van der Waals surface area contributed by atoms with E-state index < -0.39 is 0 Å². The fourth-order valence-electron chi connectivity index (χ4n) is 6.32. The summed E-state index contributed by atoms with van der Waals surface area (Å²) in [6.45, 7) is 3.66. The Morgan fingerprint density at radius 1 is 0.583 bits per heavy atom. The molecule has 48 heavy (non-hydrogen) atoms. The number of carbonyl (C=O) groups is 4. The van der Waals surface area contributed by atoms with E-state index in [0.29, 0.717) is 37.1 Å². The minimum atomic E-state index is -0.156. The van der Waals surface area contributed by atoms with Crippen LogP contribution in [0.1, 0.15) is 128 Å². The lowest BCUT2D eigenvalue weighted by atomic mass is 9.88. The zero-order valence-electron chi connectivity index (χ0n) is 28.6. The highest BCUT2D eigenvalue weighted by molar-refractivity contribution is 6.02. The minimum Gasteiger partial charge on any atom is -0.326 e. The minimum absolute atomic E-state index is 0.0775. The number of hydrogen-bond acceptors (Lipinski definition) is 6. The molecular formula is C38H52N6O4. The highest BCUT2D eigenvalue weighted by atomic mass is 16.2. The summed E-state index contributed by atoms with van der Waals surface area (Å²) in [6.07, 6.45) is 14.4. The molecular weight excluding hydrogens is 604 g/mol. The summed E-state index contributed by atoms with van der Waals surface area (Å²) >= 11 is 0. The average Bonchev–Trinajstić information content (AvgIpc) is 3.12. The van der Waals surface area contributed by atoms with Crippen LogP contribution in [0.4, 0.5) is 11.4 Å². The number of benzene rings is 2. The van der Waals surface area contributed by atoms with E-state index in [4.69, 9.17) is 0 Å². The van der Waals surface area contributed by atoms with Gasteiger partial charge in [-0.2, -0.15) is 10.2 Å². The van der Waals surface area contributed by atoms with Gasteiger partial charge < -0.3 is 10.6 Å². The summed E-state index contributed by atoms with van der Waals surface area (Å²) in [5, 5.41) is 14.6. The van der Waals surface area contributed by atoms with E-state index >= 15 is 0 Å². The topological polar surface area (TPSA) is 141 Å². The maximum atomic E-state index is 12.6. The molecule has 2 aliphatic carbocycles. The standard InChI is InChI=1S/C38H52N6O4/c1-27(31-19-13-21-33(25-31)39-37(47)29-15-7-5-8-16-29)41-43-35(45)23-11-3-4-12-24-36(46)44-42-28(2)32-20-14-22-34(26-32)40-38(48)30-17-9-6-10-18-30/h13-14,19-22,25-26,29-30H,3-12,15-18,23-24H2,1-2H3,(H,39,47)(H,40,48)(H,43,45)(H,44,46). The van der Waals surface area contributed by atoms with Gasteiger partial charge in [-0.25, -0.2) is 10.9 Å². The molecule has 2 aliphatic rings. The third-order valence-corrected chi connectivity index (χ3v) is 9.30. The van der Waals surface area contributed by atoms with Crippen LogP contribution in [0.25, 0.3) is 0 Å². The Balaban J connectivity index is 1.09. The lowest BCUT2D eigenvalue weighted by molar-refractivity contribution is -0.122. The van der Waals surface area contributed by atoms with Gasteiger partial charge in [-0.3, -0.25) is 19.2 Å². The van der Waals surface area contributed by atoms with Gasteiger partial charge in [0.15, 0.2) is 0 Å². The second-order valence-corrected chi connectivity index (χ2v) is 13.2. The predicted molar refractivity (Wildman–Crippen MR) is 192 cm³/mol. The first kappa shape index (κ1) is 36.5. The molecule has 4 amide bonds. The second-order valence-electron chi connectivity index (χ2n) is 13.2. The summed E-state index contributed by atoms with van der Waals surface area (Å²) in [4.78, 5) is 49.9. The first-order chi connectivity index (χ1) is 23.3. The Morgan fingerprint density at radius 2 is 0.979 bits per heavy atom. The van der Waals surface area contributed by atoms with Gasteiger partial charge in [-0.05, 0) is 87.8 Å². The molecule has 10 heteroatoms. The van der Waals surface area contributed by atoms with Crippen LogP contribution < -0.4 is 21.5 Å². The number of nitrogens with one attached hydrogen (secondary N) is 4. The van der Waals surface area contributed by atoms with E-state index in [1.807, 2.05) is 62.4 Å². The molecule has 0 aliphatic heterocycles. The lowest BCUT2D eigenvalue weighted by Crippen LogP contribution is -2.24. The summed E-state index contributed by atoms with van der Waals surface area (Å²) in [5.74, 6) is 0.00860. The van der Waals surface area contributed by atoms with E-state index in [-0.39, 0.29) is 35.5 Å². The van der Waals surface area contributed by atoms with Crippen LogP contribution in [0, 0.1) is 11.8 Å². The molecule has 2 aromatic carbocycles. The molecule has 0 heterocycles. The van der Waals surface area contributed by atoms with Crippen molar-refractivity contribution in [2.75, 3.05) is 10.6 Å². The fourth-order valence-corrected chi connectivity index (χ4v) is 6.32. The number of amides is 4. The summed E-state index contributed by atoms with van der Waals surface area (Å²) in [5.41, 5.74) is 9.73. The van der Waals surface area contributed by atoms with Crippen molar-refractivity contribution in [3.05, 3.63) is 59.7 Å². The molecule has 4 rings (SSSR count). The Bertz CT molecular complexity index is 1350. The van der Waals surface area contributed by atoms with Gasteiger partial charge in [-0.1, -0.05) is 75.6 Å². The van der Waals surface area contributed by atoms with Crippen LogP contribution in [0.3, 0.4) is 0 Å². The smallest absolute Gasteiger partial charge is 0.240 e. The largest absolute Gasteiger partial charge is 0.326 e. The molecule has 0 bridgehead atoms. The molecule has 0 spiro atoms. The molecule has 0 saturated heterocycles. The molecule has 10 nitrogen and oxygen atoms in total. The van der Waals surface area contributed by atoms with Crippen molar-refractivity contribution in [3.8, 4) is 0 Å². The average molecular weight is 657 g/mol. The lowest BCUT2D eigenvalue weighted by Gasteiger charge is -2.20. The third-order valence-electron chi connectivity index (χ3n) is 9.30. The van der Waals surface area contributed by atoms with Gasteiger partial charge in [-0.15, -0.1) is 0 Å². The highest BCUT2D eigenvalue weighted by Gasteiger charge is 2.22. The first-order valence-electron chi connectivity index (χ1n) is 17.8. The van der Waals surface area contributed by atoms with Gasteiger partial charge in [0.05, 0.1) is 11.4 Å². The molecule has 0 unspecified atom stereocenters. The van der Waals surface area contributed by atoms with Gasteiger partial charge in [0.2, 0.25) is 23.6 Å². The Hall–Kier alpha value is -4.34. The van der Waals surface area contributed by atoms with Crippen LogP contribution in [0.5, 0.6) is 0 Å². The first-order valence-corrected chi connectivity index (χ1v) is 17.8. The Labute approximate surface area is 285 Å². The zero-order chi connectivity index (χ0) is 34.1. The van der Waals surface area contributed by atoms with Crippen LogP contribution in [-0.4, -0.2) is 35.1 Å². The Morgan fingerprint density at radius 3 is 1.38 bits per heavy atom. The van der Waals surface area contributed by atoms with Crippen molar-refractivity contribution in [2.24, 2.45) is 22.0 Å². The number of nitrogens with zero attached hydrogens (tertiary/aromatic N) is 2. The van der Waals surface area contributed by atoms with Crippen molar-refractivity contribution < 1.29 is 19.2 Å². The molecule has 2 saturated carbocycles. The van der Waals surface area contributed by atoms with Gasteiger partial charge in [0.1, 0.15) is 0 Å². The molecule has 0 radical (unpaired) electrons. The van der Waals surface area contributed by atoms with Crippen LogP contribution in [0.2, 0.25) is 0 Å². The van der Waals surface area contributed by atoms with Crippen molar-refractivity contribution in [2.45, 2.75) is 117 Å². The van der Waals surface area contributed by atoms with Crippen LogP contribution in [0.15, 0.2) is 58.7 Å². The van der Waals surface area contributed by atoms with E-state index in [2.05, 4.69) is 31.7 Å². The number of hydrazone groups is 2. The Kier molecular flexibility index (Phi) is 14.8. The fraction of sp³-hybridized carbons (Fsp3) is 0.526. The van der Waals surface area contributed by atoms with Crippen molar-refractivity contribution in [1.29, 1.82) is 0 Å². The molecule has 2 aromatic rings. The van der Waals surface area contributed by atoms with Gasteiger partial charge in [0.25, 0.3) is 0 Å². The number of carbonyl (C=O) groups excluding carboxylic acids is 4. The number of rotatable bonds is 15. The van der Waals surface area contributed by atoms with Gasteiger partial charge >= 0.3 is 0 Å². The van der Waals surface area contributed by atoms with Crippen LogP contribution in [-0.2, 0) is 19.2 Å². The maximum Gasteiger partial charge on any atom is 0.240 e. The molecule has 258 valence electrons. The zero-order valence-corrected chi connectivity index (χ0v) is 28.6. The molecule has 0 atom stereocenters. The van der Waals surface area contributed by atoms with Crippen molar-refractivity contribution in [1.82, 2.24) is 10.9 Å². The number of hydrogen-bond donors (Lipinski definition) is 4. The van der Waals surface area contributed by atoms with Crippen molar-refractivity contribution >= 4 is 46.4 Å².